The van der Waals surface area contributed by atoms with E-state index in [2.05, 4.69) is 30.8 Å². The number of benzene rings is 2. The molecule has 5 aromatic rings. The summed E-state index contributed by atoms with van der Waals surface area (Å²) in [6.07, 6.45) is 5.35. The summed E-state index contributed by atoms with van der Waals surface area (Å²) >= 11 is 6.76. The van der Waals surface area contributed by atoms with Crippen molar-refractivity contribution in [1.82, 2.24) is 35.4 Å². The first-order chi connectivity index (χ1) is 18.4. The number of nitrogens with zero attached hydrogens (tertiary/aromatic N) is 5. The van der Waals surface area contributed by atoms with Crippen LogP contribution >= 0.6 is 11.6 Å². The SMILES string of the molecule is Cc1nnc(-c2c(Cl)c3ccccc3n2-c2ccc(CNC(=O)C3(NC(=O)c4cncnc4)CC3)cc2)o1. The maximum Gasteiger partial charge on any atom is 0.266 e. The lowest BCUT2D eigenvalue weighted by Gasteiger charge is -2.17. The van der Waals surface area contributed by atoms with E-state index >= 15 is 0 Å². The number of hydrogen-bond acceptors (Lipinski definition) is 7. The van der Waals surface area contributed by atoms with Gasteiger partial charge in [0.2, 0.25) is 11.8 Å². The first-order valence-corrected chi connectivity index (χ1v) is 12.4. The maximum atomic E-state index is 12.9. The van der Waals surface area contributed by atoms with Crippen LogP contribution in [0, 0.1) is 6.92 Å². The van der Waals surface area contributed by atoms with E-state index in [1.54, 1.807) is 6.92 Å². The van der Waals surface area contributed by atoms with E-state index in [9.17, 15) is 9.59 Å². The molecule has 2 N–H and O–H groups in total. The predicted octanol–water partition coefficient (Wildman–Crippen LogP) is 4.01. The molecular weight excluding hydrogens is 506 g/mol. The Hall–Kier alpha value is -4.57. The Labute approximate surface area is 222 Å². The molecule has 0 bridgehead atoms. The fraction of sp³-hybridized carbons (Fsp3) is 0.185. The molecule has 3 heterocycles. The molecule has 190 valence electrons. The van der Waals surface area contributed by atoms with Gasteiger partial charge in [-0.2, -0.15) is 0 Å². The Morgan fingerprint density at radius 3 is 2.47 bits per heavy atom. The van der Waals surface area contributed by atoms with Crippen LogP contribution in [-0.4, -0.2) is 42.1 Å². The standard InChI is InChI=1S/C27H22ClN7O3/c1-16-33-34-25(38-16)23-22(28)20-4-2-3-5-21(20)35(23)19-8-6-17(7-9-19)12-31-26(37)27(10-11-27)32-24(36)18-13-29-15-30-14-18/h2-9,13-15H,10-12H2,1H3,(H,31,37)(H,32,36). The minimum absolute atomic E-state index is 0.219. The molecule has 38 heavy (non-hydrogen) atoms. The lowest BCUT2D eigenvalue weighted by Crippen LogP contribution is -2.48. The van der Waals surface area contributed by atoms with E-state index in [-0.39, 0.29) is 11.8 Å². The summed E-state index contributed by atoms with van der Waals surface area (Å²) in [5, 5.41) is 15.3. The van der Waals surface area contributed by atoms with Crippen LogP contribution in [0.2, 0.25) is 5.02 Å². The number of halogens is 1. The molecule has 10 nitrogen and oxygen atoms in total. The molecular formula is C27H22ClN7O3. The highest BCUT2D eigenvalue weighted by atomic mass is 35.5. The van der Waals surface area contributed by atoms with Gasteiger partial charge in [-0.3, -0.25) is 9.59 Å². The van der Waals surface area contributed by atoms with Gasteiger partial charge in [0, 0.05) is 36.9 Å². The second-order valence-electron chi connectivity index (χ2n) is 9.15. The molecule has 0 spiro atoms. The molecule has 1 aliphatic carbocycles. The molecule has 0 saturated heterocycles. The third-order valence-electron chi connectivity index (χ3n) is 6.55. The Morgan fingerprint density at radius 1 is 1.05 bits per heavy atom. The average Bonchev–Trinajstić information content (AvgIpc) is 3.51. The van der Waals surface area contributed by atoms with E-state index in [1.807, 2.05) is 53.1 Å². The van der Waals surface area contributed by atoms with E-state index in [4.69, 9.17) is 16.0 Å². The van der Waals surface area contributed by atoms with Gasteiger partial charge < -0.3 is 19.6 Å². The van der Waals surface area contributed by atoms with Crippen molar-refractivity contribution in [2.75, 3.05) is 0 Å². The van der Waals surface area contributed by atoms with Crippen LogP contribution in [0.4, 0.5) is 0 Å². The number of rotatable bonds is 7. The molecule has 0 radical (unpaired) electrons. The van der Waals surface area contributed by atoms with Crippen molar-refractivity contribution < 1.29 is 14.0 Å². The largest absolute Gasteiger partial charge is 0.420 e. The Bertz CT molecular complexity index is 1660. The Kier molecular flexibility index (Phi) is 5.88. The van der Waals surface area contributed by atoms with E-state index < -0.39 is 5.54 Å². The Balaban J connectivity index is 1.20. The van der Waals surface area contributed by atoms with Crippen molar-refractivity contribution in [2.24, 2.45) is 0 Å². The third kappa shape index (κ3) is 4.28. The number of hydrogen-bond donors (Lipinski definition) is 2. The van der Waals surface area contributed by atoms with Gasteiger partial charge in [-0.1, -0.05) is 41.9 Å². The van der Waals surface area contributed by atoms with Gasteiger partial charge in [0.25, 0.3) is 11.8 Å². The van der Waals surface area contributed by atoms with Gasteiger partial charge in [0.1, 0.15) is 17.6 Å². The molecule has 0 atom stereocenters. The summed E-state index contributed by atoms with van der Waals surface area (Å²) in [5.41, 5.74) is 2.69. The normalized spacial score (nSPS) is 13.8. The monoisotopic (exact) mass is 527 g/mol. The van der Waals surface area contributed by atoms with Crippen molar-refractivity contribution in [3.63, 3.8) is 0 Å². The van der Waals surface area contributed by atoms with Crippen molar-refractivity contribution in [3.05, 3.63) is 89.3 Å². The molecule has 1 aliphatic rings. The lowest BCUT2D eigenvalue weighted by molar-refractivity contribution is -0.124. The minimum Gasteiger partial charge on any atom is -0.420 e. The maximum absolute atomic E-state index is 12.9. The number of aryl methyl sites for hydroxylation is 1. The van der Waals surface area contributed by atoms with Crippen LogP contribution in [0.25, 0.3) is 28.2 Å². The number of amides is 2. The second-order valence-corrected chi connectivity index (χ2v) is 9.53. The second kappa shape index (κ2) is 9.38. The summed E-state index contributed by atoms with van der Waals surface area (Å²) in [4.78, 5) is 33.1. The van der Waals surface area contributed by atoms with Crippen LogP contribution in [0.1, 0.15) is 34.7 Å². The van der Waals surface area contributed by atoms with Gasteiger partial charge in [0.05, 0.1) is 16.1 Å². The van der Waals surface area contributed by atoms with Gasteiger partial charge in [-0.05, 0) is 36.6 Å². The van der Waals surface area contributed by atoms with Crippen LogP contribution in [0.5, 0.6) is 0 Å². The molecule has 1 fully saturated rings. The number of fused-ring (bicyclic) bond motifs is 1. The number of carbonyl (C=O) groups excluding carboxylic acids is 2. The summed E-state index contributed by atoms with van der Waals surface area (Å²) in [5.74, 6) is 0.191. The van der Waals surface area contributed by atoms with Crippen molar-refractivity contribution in [2.45, 2.75) is 31.8 Å². The van der Waals surface area contributed by atoms with Crippen LogP contribution in [-0.2, 0) is 11.3 Å². The van der Waals surface area contributed by atoms with E-state index in [0.29, 0.717) is 47.4 Å². The van der Waals surface area contributed by atoms with Gasteiger partial charge in [-0.15, -0.1) is 10.2 Å². The van der Waals surface area contributed by atoms with Crippen molar-refractivity contribution in [1.29, 1.82) is 0 Å². The number of aromatic nitrogens is 5. The minimum atomic E-state index is -0.898. The zero-order chi connectivity index (χ0) is 26.3. The van der Waals surface area contributed by atoms with E-state index in [0.717, 1.165) is 22.2 Å². The van der Waals surface area contributed by atoms with Crippen LogP contribution < -0.4 is 10.6 Å². The number of carbonyl (C=O) groups is 2. The molecule has 2 aromatic carbocycles. The highest BCUT2D eigenvalue weighted by Crippen LogP contribution is 2.39. The van der Waals surface area contributed by atoms with E-state index in [1.165, 1.54) is 18.7 Å². The molecule has 3 aromatic heterocycles. The molecule has 6 rings (SSSR count). The van der Waals surface area contributed by atoms with Crippen molar-refractivity contribution in [3.8, 4) is 17.3 Å². The first-order valence-electron chi connectivity index (χ1n) is 12.0. The zero-order valence-electron chi connectivity index (χ0n) is 20.3. The van der Waals surface area contributed by atoms with Gasteiger partial charge in [0.15, 0.2) is 0 Å². The molecule has 2 amide bonds. The highest BCUT2D eigenvalue weighted by Gasteiger charge is 2.51. The first kappa shape index (κ1) is 23.8. The number of nitrogens with one attached hydrogen (secondary N) is 2. The summed E-state index contributed by atoms with van der Waals surface area (Å²) in [6.45, 7) is 2.04. The zero-order valence-corrected chi connectivity index (χ0v) is 21.1. The quantitative estimate of drug-likeness (QED) is 0.327. The predicted molar refractivity (Wildman–Crippen MR) is 140 cm³/mol. The topological polar surface area (TPSA) is 128 Å². The highest BCUT2D eigenvalue weighted by molar-refractivity contribution is 6.38. The average molecular weight is 528 g/mol. The molecule has 0 unspecified atom stereocenters. The summed E-state index contributed by atoms with van der Waals surface area (Å²) in [7, 11) is 0. The Morgan fingerprint density at radius 2 is 1.79 bits per heavy atom. The molecule has 11 heteroatoms. The van der Waals surface area contributed by atoms with Gasteiger partial charge >= 0.3 is 0 Å². The third-order valence-corrected chi connectivity index (χ3v) is 6.93. The molecule has 0 aliphatic heterocycles. The smallest absolute Gasteiger partial charge is 0.266 e. The molecule has 1 saturated carbocycles. The van der Waals surface area contributed by atoms with Crippen molar-refractivity contribution >= 4 is 34.3 Å². The van der Waals surface area contributed by atoms with Crippen LogP contribution in [0.3, 0.4) is 0 Å². The van der Waals surface area contributed by atoms with Crippen LogP contribution in [0.15, 0.2) is 71.7 Å². The summed E-state index contributed by atoms with van der Waals surface area (Å²) < 4.78 is 7.69. The number of para-hydroxylation sites is 1. The fourth-order valence-corrected chi connectivity index (χ4v) is 4.73. The van der Waals surface area contributed by atoms with Gasteiger partial charge in [-0.25, -0.2) is 9.97 Å². The lowest BCUT2D eigenvalue weighted by atomic mass is 10.1. The fourth-order valence-electron chi connectivity index (χ4n) is 4.40. The summed E-state index contributed by atoms with van der Waals surface area (Å²) in [6, 6.07) is 15.5.